The highest BCUT2D eigenvalue weighted by molar-refractivity contribution is 5.80. The molecule has 0 aromatic heterocycles. The van der Waals surface area contributed by atoms with Crippen molar-refractivity contribution in [1.82, 2.24) is 4.90 Å². The second-order valence-corrected chi connectivity index (χ2v) is 19.3. The monoisotopic (exact) mass is 977 g/mol. The maximum atomic E-state index is 14.0. The van der Waals surface area contributed by atoms with Crippen LogP contribution < -0.4 is 5.73 Å². The molecular formula is C51H80N2O16. The number of nitrogens with two attached hydrogens (primary N) is 1. The van der Waals surface area contributed by atoms with Crippen molar-refractivity contribution < 1.29 is 79.6 Å². The smallest absolute Gasteiger partial charge is 0.308 e. The Labute approximate surface area is 406 Å². The summed E-state index contributed by atoms with van der Waals surface area (Å²) in [4.78, 5) is 28.3. The number of likely N-dealkylation sites (tertiary alicyclic amines) is 1. The van der Waals surface area contributed by atoms with Gasteiger partial charge in [-0.15, -0.1) is 0 Å². The van der Waals surface area contributed by atoms with Gasteiger partial charge in [0.1, 0.15) is 12.2 Å². The number of hydrogen-bond donors (Lipinski definition) is 11. The zero-order chi connectivity index (χ0) is 50.8. The van der Waals surface area contributed by atoms with E-state index in [0.29, 0.717) is 13.1 Å². The van der Waals surface area contributed by atoms with Gasteiger partial charge in [0, 0.05) is 50.6 Å². The average Bonchev–Trinajstić information content (AvgIpc) is 3.83. The molecule has 4 aliphatic rings. The maximum Gasteiger partial charge on any atom is 0.308 e. The predicted molar refractivity (Wildman–Crippen MR) is 255 cm³/mol. The molecule has 19 atom stereocenters. The van der Waals surface area contributed by atoms with Gasteiger partial charge in [0.15, 0.2) is 12.1 Å². The quantitative estimate of drug-likeness (QED) is 0.177. The Morgan fingerprint density at radius 2 is 1.25 bits per heavy atom. The number of rotatable bonds is 3. The number of carbonyl (C=O) groups excluding carboxylic acids is 2. The van der Waals surface area contributed by atoms with Gasteiger partial charge in [-0.3, -0.25) is 9.59 Å². The zero-order valence-electron chi connectivity index (χ0n) is 40.4. The van der Waals surface area contributed by atoms with Gasteiger partial charge in [-0.05, 0) is 46.0 Å². The van der Waals surface area contributed by atoms with Crippen molar-refractivity contribution in [1.29, 1.82) is 0 Å². The van der Waals surface area contributed by atoms with Crippen LogP contribution in [0, 0.1) is 17.8 Å². The number of esters is 1. The van der Waals surface area contributed by atoms with Gasteiger partial charge in [0.2, 0.25) is 5.91 Å². The number of aliphatic hydroxyl groups excluding tert-OH is 9. The number of hydrogen-bond acceptors (Lipinski definition) is 17. The first-order valence-corrected chi connectivity index (χ1v) is 24.5. The van der Waals surface area contributed by atoms with Crippen molar-refractivity contribution in [2.75, 3.05) is 13.1 Å². The van der Waals surface area contributed by atoms with Crippen molar-refractivity contribution in [2.24, 2.45) is 23.5 Å². The van der Waals surface area contributed by atoms with E-state index in [9.17, 15) is 60.7 Å². The topological polar surface area (TPSA) is 303 Å². The second kappa shape index (κ2) is 28.6. The minimum absolute atomic E-state index is 0.0835. The van der Waals surface area contributed by atoms with Gasteiger partial charge in [-0.25, -0.2) is 0 Å². The van der Waals surface area contributed by atoms with E-state index in [1.807, 2.05) is 49.5 Å². The Kier molecular flexibility index (Phi) is 24.1. The van der Waals surface area contributed by atoms with Crippen molar-refractivity contribution >= 4 is 11.9 Å². The molecule has 2 bridgehead atoms. The summed E-state index contributed by atoms with van der Waals surface area (Å²) in [5.41, 5.74) is 6.11. The lowest BCUT2D eigenvalue weighted by Crippen LogP contribution is -2.62. The Balaban J connectivity index is 1.59. The summed E-state index contributed by atoms with van der Waals surface area (Å²) in [6, 6.07) is -1.11. The van der Waals surface area contributed by atoms with Gasteiger partial charge in [0.05, 0.1) is 85.5 Å². The molecule has 390 valence electrons. The molecule has 18 nitrogen and oxygen atoms in total. The normalized spacial score (nSPS) is 44.7. The van der Waals surface area contributed by atoms with Crippen LogP contribution in [-0.2, 0) is 28.5 Å². The molecule has 69 heavy (non-hydrogen) atoms. The third kappa shape index (κ3) is 18.6. The van der Waals surface area contributed by atoms with Crippen LogP contribution in [0.15, 0.2) is 85.1 Å². The second-order valence-electron chi connectivity index (χ2n) is 19.3. The van der Waals surface area contributed by atoms with Crippen LogP contribution >= 0.6 is 0 Å². The Bertz CT molecular complexity index is 1780. The van der Waals surface area contributed by atoms with Gasteiger partial charge in [-0.1, -0.05) is 98.9 Å². The molecule has 18 heteroatoms. The fourth-order valence-corrected chi connectivity index (χ4v) is 9.12. The summed E-state index contributed by atoms with van der Waals surface area (Å²) in [7, 11) is 0. The number of allylic oxidation sites excluding steroid dienone is 12. The lowest BCUT2D eigenvalue weighted by molar-refractivity contribution is -0.308. The maximum absolute atomic E-state index is 14.0. The van der Waals surface area contributed by atoms with Crippen molar-refractivity contribution in [2.45, 2.75) is 189 Å². The first-order chi connectivity index (χ1) is 32.7. The molecule has 3 saturated heterocycles. The minimum Gasteiger partial charge on any atom is -0.462 e. The van der Waals surface area contributed by atoms with Crippen LogP contribution in [0.4, 0.5) is 0 Å². The minimum atomic E-state index is -2.23. The lowest BCUT2D eigenvalue weighted by Gasteiger charge is -2.46. The van der Waals surface area contributed by atoms with Crippen LogP contribution in [0.3, 0.4) is 0 Å². The van der Waals surface area contributed by atoms with E-state index in [0.717, 1.165) is 12.8 Å². The number of carbonyl (C=O) groups is 2. The molecule has 0 aromatic carbocycles. The van der Waals surface area contributed by atoms with Crippen molar-refractivity contribution in [3.05, 3.63) is 85.1 Å². The third-order valence-corrected chi connectivity index (χ3v) is 13.4. The molecule has 0 radical (unpaired) electrons. The van der Waals surface area contributed by atoms with Crippen molar-refractivity contribution in [3.63, 3.8) is 0 Å². The highest BCUT2D eigenvalue weighted by Gasteiger charge is 2.52. The summed E-state index contributed by atoms with van der Waals surface area (Å²) < 4.78 is 23.8. The third-order valence-electron chi connectivity index (χ3n) is 13.4. The molecule has 0 aromatic rings. The number of nitrogens with zero attached hydrogens (tertiary/aromatic N) is 1. The molecule has 1 amide bonds. The SMILES string of the molecule is C[C@@H]1[C@H](O)[C@@H](C)/C=C/C=C/C=C/C=C/C=C/C=C/C=C/C(O[C@@H]2O[C@H](C)[C@@H](O)[C@H](N)[C@@H]2O)CC2O[C@](O)(C[C@@H](O)C[C@@H](O)[C@H](O)CC[C@@H](O)C[C@@H](O)CC(=O)O[C@H]1C)C[C@H](O)[C@H]2C(=O)N1CCCC1. The molecule has 4 heterocycles. The van der Waals surface area contributed by atoms with Crippen LogP contribution in [0.5, 0.6) is 0 Å². The standard InChI is InChI=1S/C51H80N2O16/c1-31-19-15-13-11-9-7-5-6-8-10-12-14-16-20-38(68-50-48(63)45(52)47(62)34(4)67-50)28-42-44(49(64)53-23-17-18-24-53)41(59)30-51(65,69-42)29-37(56)26-40(58)39(57)22-21-35(54)25-36(55)27-43(60)66-33(3)32(2)46(31)61/h5-16,19-20,31-42,44-48,50,54-59,61-63,65H,17-18,21-30,52H2,1-4H3/b6-5+,9-7+,10-8+,13-11+,14-12+,19-15+,20-16+/t31-,32-,33-,34+,35+,36+,37-,38?,39+,40+,41-,42?,44+,45-,46+,47+,48-,50-,51+/m0/s1. The number of cyclic esters (lactones) is 1. The van der Waals surface area contributed by atoms with Crippen LogP contribution in [0.1, 0.15) is 91.9 Å². The molecule has 4 rings (SSSR count). The number of ether oxygens (including phenoxy) is 4. The average molecular weight is 977 g/mol. The number of amides is 1. The molecule has 0 aliphatic carbocycles. The molecule has 3 fully saturated rings. The van der Waals surface area contributed by atoms with Crippen LogP contribution in [0.2, 0.25) is 0 Å². The Morgan fingerprint density at radius 3 is 1.86 bits per heavy atom. The van der Waals surface area contributed by atoms with Crippen LogP contribution in [0.25, 0.3) is 0 Å². The number of aliphatic hydroxyl groups is 10. The first kappa shape index (κ1) is 58.1. The molecular weight excluding hydrogens is 897 g/mol. The van der Waals surface area contributed by atoms with E-state index in [1.165, 1.54) is 0 Å². The predicted octanol–water partition coefficient (Wildman–Crippen LogP) is 1.25. The van der Waals surface area contributed by atoms with E-state index in [4.69, 9.17) is 24.7 Å². The lowest BCUT2D eigenvalue weighted by atomic mass is 9.81. The fraction of sp³-hybridized carbons (Fsp3) is 0.686. The van der Waals surface area contributed by atoms with Gasteiger partial charge >= 0.3 is 5.97 Å². The van der Waals surface area contributed by atoms with E-state index in [2.05, 4.69) is 0 Å². The highest BCUT2D eigenvalue weighted by atomic mass is 16.7. The molecule has 0 saturated carbocycles. The molecule has 4 aliphatic heterocycles. The summed E-state index contributed by atoms with van der Waals surface area (Å²) in [6.45, 7) is 7.76. The molecule has 2 unspecified atom stereocenters. The van der Waals surface area contributed by atoms with E-state index in [-0.39, 0.29) is 31.6 Å². The summed E-state index contributed by atoms with van der Waals surface area (Å²) in [5.74, 6) is -5.24. The highest BCUT2D eigenvalue weighted by Crippen LogP contribution is 2.39. The summed E-state index contributed by atoms with van der Waals surface area (Å²) in [6.07, 6.45) is 6.99. The fourth-order valence-electron chi connectivity index (χ4n) is 9.12. The largest absolute Gasteiger partial charge is 0.462 e. The van der Waals surface area contributed by atoms with Crippen molar-refractivity contribution in [3.8, 4) is 0 Å². The molecule has 12 N–H and O–H groups in total. The Morgan fingerprint density at radius 1 is 0.667 bits per heavy atom. The van der Waals surface area contributed by atoms with Gasteiger partial charge < -0.3 is 80.6 Å². The zero-order valence-corrected chi connectivity index (χ0v) is 40.4. The first-order valence-electron chi connectivity index (χ1n) is 24.5. The van der Waals surface area contributed by atoms with Gasteiger partial charge in [-0.2, -0.15) is 0 Å². The summed E-state index contributed by atoms with van der Waals surface area (Å²) >= 11 is 0. The Hall–Kier alpha value is -3.44. The number of fused-ring (bicyclic) bond motifs is 2. The van der Waals surface area contributed by atoms with Crippen LogP contribution in [-0.4, -0.2) is 178 Å². The van der Waals surface area contributed by atoms with E-state index < -0.39 is 147 Å². The van der Waals surface area contributed by atoms with Gasteiger partial charge in [0.25, 0.3) is 0 Å². The summed E-state index contributed by atoms with van der Waals surface area (Å²) in [5, 5.41) is 110. The molecule has 0 spiro atoms. The van der Waals surface area contributed by atoms with E-state index >= 15 is 0 Å². The van der Waals surface area contributed by atoms with E-state index in [1.54, 1.807) is 68.2 Å².